The summed E-state index contributed by atoms with van der Waals surface area (Å²) in [6, 6.07) is 11.5. The molecule has 2 aromatic rings. The van der Waals surface area contributed by atoms with Crippen molar-refractivity contribution in [1.82, 2.24) is 5.32 Å². The van der Waals surface area contributed by atoms with E-state index in [0.29, 0.717) is 20.1 Å². The van der Waals surface area contributed by atoms with Crippen LogP contribution in [0.5, 0.6) is 0 Å². The van der Waals surface area contributed by atoms with Gasteiger partial charge >= 0.3 is 0 Å². The van der Waals surface area contributed by atoms with Crippen molar-refractivity contribution < 1.29 is 0 Å². The lowest BCUT2D eigenvalue weighted by Gasteiger charge is -2.18. The topological polar surface area (TPSA) is 12.0 Å². The van der Waals surface area contributed by atoms with Crippen molar-refractivity contribution in [2.45, 2.75) is 18.9 Å². The molecule has 0 fully saturated rings. The molecule has 0 spiro atoms. The summed E-state index contributed by atoms with van der Waals surface area (Å²) in [5.41, 5.74) is 2.08. The molecule has 0 saturated heterocycles. The van der Waals surface area contributed by atoms with Gasteiger partial charge in [-0.25, -0.2) is 0 Å². The molecule has 0 aliphatic carbocycles. The third kappa shape index (κ3) is 4.51. The number of halogens is 4. The van der Waals surface area contributed by atoms with Crippen LogP contribution in [0.2, 0.25) is 20.1 Å². The number of rotatable bonds is 5. The van der Waals surface area contributed by atoms with Gasteiger partial charge in [-0.05, 0) is 55.3 Å². The molecule has 112 valence electrons. The highest BCUT2D eigenvalue weighted by Gasteiger charge is 2.14. The van der Waals surface area contributed by atoms with E-state index in [4.69, 9.17) is 46.4 Å². The van der Waals surface area contributed by atoms with Gasteiger partial charge in [0.25, 0.3) is 0 Å². The summed E-state index contributed by atoms with van der Waals surface area (Å²) in [5.74, 6) is 0. The Bertz CT molecular complexity index is 607. The molecule has 1 atom stereocenters. The average Bonchev–Trinajstić information content (AvgIpc) is 2.45. The molecule has 0 aromatic heterocycles. The van der Waals surface area contributed by atoms with Gasteiger partial charge in [0.05, 0.1) is 10.0 Å². The fourth-order valence-electron chi connectivity index (χ4n) is 2.20. The summed E-state index contributed by atoms with van der Waals surface area (Å²) >= 11 is 24.5. The average molecular weight is 363 g/mol. The Morgan fingerprint density at radius 1 is 0.857 bits per heavy atom. The van der Waals surface area contributed by atoms with Crippen LogP contribution in [0.25, 0.3) is 0 Å². The summed E-state index contributed by atoms with van der Waals surface area (Å²) in [6.07, 6.45) is 1.56. The minimum Gasteiger partial charge on any atom is -0.316 e. The zero-order valence-electron chi connectivity index (χ0n) is 11.5. The maximum absolute atomic E-state index is 6.23. The van der Waals surface area contributed by atoms with Crippen LogP contribution in [0.3, 0.4) is 0 Å². The standard InChI is InChI=1S/C16H15Cl4N/c1-21-11(7-10-5-6-15(19)16(20)8-10)9-12-13(17)3-2-4-14(12)18/h2-6,8,11,21H,7,9H2,1H3. The number of hydrogen-bond donors (Lipinski definition) is 1. The lowest BCUT2D eigenvalue weighted by molar-refractivity contribution is 0.556. The molecule has 2 rings (SSSR count). The highest BCUT2D eigenvalue weighted by atomic mass is 35.5. The minimum absolute atomic E-state index is 0.208. The van der Waals surface area contributed by atoms with Crippen molar-refractivity contribution >= 4 is 46.4 Å². The first-order valence-corrected chi connectivity index (χ1v) is 8.06. The molecule has 0 saturated carbocycles. The molecular formula is C16H15Cl4N. The number of likely N-dealkylation sites (N-methyl/N-ethyl adjacent to an activating group) is 1. The monoisotopic (exact) mass is 361 g/mol. The molecule has 0 heterocycles. The summed E-state index contributed by atoms with van der Waals surface area (Å²) in [6.45, 7) is 0. The third-order valence-electron chi connectivity index (χ3n) is 3.39. The normalized spacial score (nSPS) is 12.4. The van der Waals surface area contributed by atoms with Gasteiger partial charge in [0.15, 0.2) is 0 Å². The van der Waals surface area contributed by atoms with Gasteiger partial charge in [0.2, 0.25) is 0 Å². The van der Waals surface area contributed by atoms with Gasteiger partial charge < -0.3 is 5.32 Å². The first-order chi connectivity index (χ1) is 10.0. The molecule has 0 bridgehead atoms. The first kappa shape index (κ1) is 16.9. The van der Waals surface area contributed by atoms with E-state index in [1.807, 2.05) is 43.4 Å². The fourth-order valence-corrected chi connectivity index (χ4v) is 3.07. The van der Waals surface area contributed by atoms with E-state index >= 15 is 0 Å². The van der Waals surface area contributed by atoms with Crippen LogP contribution in [0.4, 0.5) is 0 Å². The van der Waals surface area contributed by atoms with Crippen LogP contribution in [-0.2, 0) is 12.8 Å². The van der Waals surface area contributed by atoms with Crippen LogP contribution in [-0.4, -0.2) is 13.1 Å². The van der Waals surface area contributed by atoms with E-state index in [1.165, 1.54) is 0 Å². The quantitative estimate of drug-likeness (QED) is 0.722. The Morgan fingerprint density at radius 2 is 1.52 bits per heavy atom. The Hall–Kier alpha value is -0.440. The summed E-state index contributed by atoms with van der Waals surface area (Å²) in [4.78, 5) is 0. The first-order valence-electron chi connectivity index (χ1n) is 6.55. The predicted octanol–water partition coefficient (Wildman–Crippen LogP) is 5.67. The van der Waals surface area contributed by atoms with Crippen LogP contribution in [0.15, 0.2) is 36.4 Å². The zero-order chi connectivity index (χ0) is 15.4. The second-order valence-corrected chi connectivity index (χ2v) is 6.47. The molecule has 0 amide bonds. The second kappa shape index (κ2) is 7.71. The van der Waals surface area contributed by atoms with Gasteiger partial charge in [-0.15, -0.1) is 0 Å². The van der Waals surface area contributed by atoms with E-state index in [9.17, 15) is 0 Å². The molecule has 0 aliphatic rings. The lowest BCUT2D eigenvalue weighted by Crippen LogP contribution is -2.30. The van der Waals surface area contributed by atoms with E-state index in [2.05, 4.69) is 5.32 Å². The Morgan fingerprint density at radius 3 is 2.10 bits per heavy atom. The number of hydrogen-bond acceptors (Lipinski definition) is 1. The molecule has 2 aromatic carbocycles. The zero-order valence-corrected chi connectivity index (χ0v) is 14.5. The smallest absolute Gasteiger partial charge is 0.0595 e. The summed E-state index contributed by atoms with van der Waals surface area (Å²) < 4.78 is 0. The van der Waals surface area contributed by atoms with E-state index in [0.717, 1.165) is 24.0 Å². The van der Waals surface area contributed by atoms with Gasteiger partial charge in [0, 0.05) is 16.1 Å². The second-order valence-electron chi connectivity index (χ2n) is 4.84. The van der Waals surface area contributed by atoms with Gasteiger partial charge in [0.1, 0.15) is 0 Å². The van der Waals surface area contributed by atoms with Gasteiger partial charge in [-0.3, -0.25) is 0 Å². The third-order valence-corrected chi connectivity index (χ3v) is 4.83. The van der Waals surface area contributed by atoms with Crippen molar-refractivity contribution in [2.24, 2.45) is 0 Å². The van der Waals surface area contributed by atoms with Crippen molar-refractivity contribution in [2.75, 3.05) is 7.05 Å². The molecular weight excluding hydrogens is 348 g/mol. The maximum Gasteiger partial charge on any atom is 0.0595 e. The highest BCUT2D eigenvalue weighted by molar-refractivity contribution is 6.42. The van der Waals surface area contributed by atoms with Crippen LogP contribution in [0.1, 0.15) is 11.1 Å². The predicted molar refractivity (Wildman–Crippen MR) is 93.2 cm³/mol. The van der Waals surface area contributed by atoms with E-state index in [1.54, 1.807) is 0 Å². The number of benzene rings is 2. The summed E-state index contributed by atoms with van der Waals surface area (Å²) in [5, 5.41) is 5.81. The Labute approximate surface area is 145 Å². The highest BCUT2D eigenvalue weighted by Crippen LogP contribution is 2.27. The van der Waals surface area contributed by atoms with Crippen LogP contribution < -0.4 is 5.32 Å². The van der Waals surface area contributed by atoms with Gasteiger partial charge in [-0.2, -0.15) is 0 Å². The van der Waals surface area contributed by atoms with E-state index < -0.39 is 0 Å². The van der Waals surface area contributed by atoms with Gasteiger partial charge in [-0.1, -0.05) is 58.5 Å². The van der Waals surface area contributed by atoms with Crippen LogP contribution in [0, 0.1) is 0 Å². The van der Waals surface area contributed by atoms with Crippen molar-refractivity contribution in [3.63, 3.8) is 0 Å². The molecule has 1 unspecified atom stereocenters. The largest absolute Gasteiger partial charge is 0.316 e. The Kier molecular flexibility index (Phi) is 6.21. The van der Waals surface area contributed by atoms with Crippen molar-refractivity contribution in [3.05, 3.63) is 67.6 Å². The minimum atomic E-state index is 0.208. The molecule has 0 aliphatic heterocycles. The van der Waals surface area contributed by atoms with Crippen molar-refractivity contribution in [3.8, 4) is 0 Å². The Balaban J connectivity index is 2.15. The SMILES string of the molecule is CNC(Cc1ccc(Cl)c(Cl)c1)Cc1c(Cl)cccc1Cl. The van der Waals surface area contributed by atoms with Crippen LogP contribution >= 0.6 is 46.4 Å². The molecule has 5 heteroatoms. The van der Waals surface area contributed by atoms with E-state index in [-0.39, 0.29) is 6.04 Å². The van der Waals surface area contributed by atoms with Crippen molar-refractivity contribution in [1.29, 1.82) is 0 Å². The maximum atomic E-state index is 6.23. The molecule has 1 nitrogen and oxygen atoms in total. The summed E-state index contributed by atoms with van der Waals surface area (Å²) in [7, 11) is 1.92. The fraction of sp³-hybridized carbons (Fsp3) is 0.250. The lowest BCUT2D eigenvalue weighted by atomic mass is 9.99. The molecule has 21 heavy (non-hydrogen) atoms. The number of nitrogens with one attached hydrogen (secondary N) is 1. The molecule has 1 N–H and O–H groups in total. The molecule has 0 radical (unpaired) electrons.